The van der Waals surface area contributed by atoms with Crippen LogP contribution in [0.15, 0.2) is 47.2 Å². The molecule has 9 heteroatoms. The standard InChI is InChI=1S/C19H17F2N5O2/c1-11-9-26(19(27)23-15-7-13(20)6-14(21)8-15)10-16(11)18-24-17(25-28-18)12-2-4-22-5-3-12/h2-8,11,16H,9-10H2,1H3,(H,23,27)/t11-,16-/m0/s1. The minimum Gasteiger partial charge on any atom is -0.339 e. The van der Waals surface area contributed by atoms with Gasteiger partial charge in [-0.05, 0) is 30.2 Å². The fourth-order valence-electron chi connectivity index (χ4n) is 3.29. The Kier molecular flexibility index (Phi) is 4.72. The smallest absolute Gasteiger partial charge is 0.321 e. The van der Waals surface area contributed by atoms with Gasteiger partial charge in [-0.3, -0.25) is 4.98 Å². The molecular formula is C19H17F2N5O2. The number of hydrogen-bond acceptors (Lipinski definition) is 5. The van der Waals surface area contributed by atoms with Crippen molar-refractivity contribution in [1.29, 1.82) is 0 Å². The highest BCUT2D eigenvalue weighted by Gasteiger charge is 2.37. The Labute approximate surface area is 159 Å². The molecule has 1 fully saturated rings. The molecule has 4 rings (SSSR count). The highest BCUT2D eigenvalue weighted by atomic mass is 19.1. The molecule has 0 unspecified atom stereocenters. The fourth-order valence-corrected chi connectivity index (χ4v) is 3.29. The highest BCUT2D eigenvalue weighted by molar-refractivity contribution is 5.89. The molecule has 144 valence electrons. The molecule has 1 aliphatic rings. The SMILES string of the molecule is C[C@H]1CN(C(=O)Nc2cc(F)cc(F)c2)C[C@@H]1c1nc(-c2ccncc2)no1. The van der Waals surface area contributed by atoms with Crippen LogP contribution in [0.25, 0.3) is 11.4 Å². The maximum Gasteiger partial charge on any atom is 0.321 e. The number of anilines is 1. The van der Waals surface area contributed by atoms with Crippen molar-refractivity contribution in [3.63, 3.8) is 0 Å². The maximum atomic E-state index is 13.3. The molecular weight excluding hydrogens is 368 g/mol. The van der Waals surface area contributed by atoms with E-state index in [1.54, 1.807) is 29.4 Å². The van der Waals surface area contributed by atoms with E-state index < -0.39 is 17.7 Å². The number of aromatic nitrogens is 3. The second-order valence-electron chi connectivity index (χ2n) is 6.77. The number of hydrogen-bond donors (Lipinski definition) is 1. The summed E-state index contributed by atoms with van der Waals surface area (Å²) < 4.78 is 32.0. The number of nitrogens with zero attached hydrogens (tertiary/aromatic N) is 4. The topological polar surface area (TPSA) is 84.2 Å². The number of benzene rings is 1. The highest BCUT2D eigenvalue weighted by Crippen LogP contribution is 2.32. The van der Waals surface area contributed by atoms with E-state index >= 15 is 0 Å². The first-order chi connectivity index (χ1) is 13.5. The second-order valence-corrected chi connectivity index (χ2v) is 6.77. The van der Waals surface area contributed by atoms with Gasteiger partial charge in [0.05, 0.1) is 5.92 Å². The normalized spacial score (nSPS) is 19.0. The van der Waals surface area contributed by atoms with Crippen molar-refractivity contribution in [3.8, 4) is 11.4 Å². The Hall–Kier alpha value is -3.36. The number of urea groups is 1. The number of nitrogens with one attached hydrogen (secondary N) is 1. The number of carbonyl (C=O) groups is 1. The average molecular weight is 385 g/mol. The number of halogens is 2. The Balaban J connectivity index is 1.46. The van der Waals surface area contributed by atoms with Crippen LogP contribution >= 0.6 is 0 Å². The van der Waals surface area contributed by atoms with Gasteiger partial charge in [0.15, 0.2) is 0 Å². The van der Waals surface area contributed by atoms with Gasteiger partial charge in [-0.25, -0.2) is 13.6 Å². The van der Waals surface area contributed by atoms with Gasteiger partial charge in [-0.2, -0.15) is 4.98 Å². The molecule has 1 aromatic carbocycles. The molecule has 0 saturated carbocycles. The molecule has 2 atom stereocenters. The van der Waals surface area contributed by atoms with Crippen molar-refractivity contribution < 1.29 is 18.1 Å². The van der Waals surface area contributed by atoms with E-state index in [1.165, 1.54) is 0 Å². The maximum absolute atomic E-state index is 13.3. The third-order valence-electron chi connectivity index (χ3n) is 4.71. The van der Waals surface area contributed by atoms with Crippen LogP contribution in [0.2, 0.25) is 0 Å². The molecule has 3 aromatic rings. The zero-order valence-electron chi connectivity index (χ0n) is 15.0. The summed E-state index contributed by atoms with van der Waals surface area (Å²) >= 11 is 0. The van der Waals surface area contributed by atoms with Gasteiger partial charge in [0.25, 0.3) is 0 Å². The Morgan fingerprint density at radius 3 is 2.61 bits per heavy atom. The van der Waals surface area contributed by atoms with Gasteiger partial charge < -0.3 is 14.7 Å². The van der Waals surface area contributed by atoms with Gasteiger partial charge in [-0.15, -0.1) is 0 Å². The van der Waals surface area contributed by atoms with E-state index in [-0.39, 0.29) is 17.5 Å². The van der Waals surface area contributed by atoms with Gasteiger partial charge in [-0.1, -0.05) is 12.1 Å². The predicted molar refractivity (Wildman–Crippen MR) is 96.4 cm³/mol. The Morgan fingerprint density at radius 1 is 1.18 bits per heavy atom. The van der Waals surface area contributed by atoms with Crippen molar-refractivity contribution in [2.45, 2.75) is 12.8 Å². The summed E-state index contributed by atoms with van der Waals surface area (Å²) in [5.41, 5.74) is 0.856. The molecule has 1 N–H and O–H groups in total. The van der Waals surface area contributed by atoms with E-state index in [2.05, 4.69) is 20.4 Å². The predicted octanol–water partition coefficient (Wildman–Crippen LogP) is 3.68. The summed E-state index contributed by atoms with van der Waals surface area (Å²) in [4.78, 5) is 22.5. The number of pyridine rings is 1. The summed E-state index contributed by atoms with van der Waals surface area (Å²) in [5.74, 6) is -0.636. The van der Waals surface area contributed by atoms with Crippen molar-refractivity contribution in [2.75, 3.05) is 18.4 Å². The number of likely N-dealkylation sites (tertiary alicyclic amines) is 1. The third-order valence-corrected chi connectivity index (χ3v) is 4.71. The summed E-state index contributed by atoms with van der Waals surface area (Å²) in [6.45, 7) is 2.81. The largest absolute Gasteiger partial charge is 0.339 e. The van der Waals surface area contributed by atoms with Crippen LogP contribution in [0.5, 0.6) is 0 Å². The molecule has 0 bridgehead atoms. The van der Waals surface area contributed by atoms with Crippen LogP contribution in [-0.2, 0) is 0 Å². The van der Waals surface area contributed by atoms with E-state index in [1.807, 2.05) is 6.92 Å². The molecule has 0 aliphatic carbocycles. The lowest BCUT2D eigenvalue weighted by Gasteiger charge is -2.17. The molecule has 2 amide bonds. The Morgan fingerprint density at radius 2 is 1.89 bits per heavy atom. The minimum atomic E-state index is -0.752. The summed E-state index contributed by atoms with van der Waals surface area (Å²) in [5, 5.41) is 6.53. The van der Waals surface area contributed by atoms with E-state index in [0.29, 0.717) is 24.8 Å². The lowest BCUT2D eigenvalue weighted by Crippen LogP contribution is -2.33. The van der Waals surface area contributed by atoms with Gasteiger partial charge >= 0.3 is 6.03 Å². The first-order valence-electron chi connectivity index (χ1n) is 8.75. The quantitative estimate of drug-likeness (QED) is 0.744. The van der Waals surface area contributed by atoms with Crippen LogP contribution in [0.3, 0.4) is 0 Å². The zero-order valence-corrected chi connectivity index (χ0v) is 15.0. The van der Waals surface area contributed by atoms with Crippen LogP contribution in [0, 0.1) is 17.6 Å². The van der Waals surface area contributed by atoms with Crippen LogP contribution in [0.1, 0.15) is 18.7 Å². The molecule has 2 aromatic heterocycles. The van der Waals surface area contributed by atoms with E-state index in [4.69, 9.17) is 4.52 Å². The van der Waals surface area contributed by atoms with Crippen molar-refractivity contribution in [1.82, 2.24) is 20.0 Å². The minimum absolute atomic E-state index is 0.0661. The monoisotopic (exact) mass is 385 g/mol. The van der Waals surface area contributed by atoms with Crippen LogP contribution < -0.4 is 5.32 Å². The summed E-state index contributed by atoms with van der Waals surface area (Å²) in [6, 6.07) is 6.01. The van der Waals surface area contributed by atoms with E-state index in [9.17, 15) is 13.6 Å². The third kappa shape index (κ3) is 3.68. The van der Waals surface area contributed by atoms with Gasteiger partial charge in [0, 0.05) is 42.8 Å². The lowest BCUT2D eigenvalue weighted by molar-refractivity contribution is 0.220. The molecule has 0 spiro atoms. The molecule has 7 nitrogen and oxygen atoms in total. The molecule has 3 heterocycles. The molecule has 1 aliphatic heterocycles. The molecule has 0 radical (unpaired) electrons. The van der Waals surface area contributed by atoms with Gasteiger partial charge in [0.2, 0.25) is 11.7 Å². The fraction of sp³-hybridized carbons (Fsp3) is 0.263. The van der Waals surface area contributed by atoms with Gasteiger partial charge in [0.1, 0.15) is 11.6 Å². The second kappa shape index (κ2) is 7.34. The summed E-state index contributed by atoms with van der Waals surface area (Å²) in [6.07, 6.45) is 3.29. The number of rotatable bonds is 3. The first kappa shape index (κ1) is 18.0. The van der Waals surface area contributed by atoms with Crippen molar-refractivity contribution in [3.05, 3.63) is 60.3 Å². The Bertz CT molecular complexity index is 975. The van der Waals surface area contributed by atoms with Crippen LogP contribution in [-0.4, -0.2) is 39.1 Å². The lowest BCUT2D eigenvalue weighted by atomic mass is 9.98. The van der Waals surface area contributed by atoms with E-state index in [0.717, 1.165) is 23.8 Å². The average Bonchev–Trinajstić information content (AvgIpc) is 3.28. The molecule has 28 heavy (non-hydrogen) atoms. The zero-order chi connectivity index (χ0) is 19.7. The number of carbonyl (C=O) groups excluding carboxylic acids is 1. The summed E-state index contributed by atoms with van der Waals surface area (Å²) in [7, 11) is 0. The number of amides is 2. The van der Waals surface area contributed by atoms with Crippen molar-refractivity contribution >= 4 is 11.7 Å². The first-order valence-corrected chi connectivity index (χ1v) is 8.75. The van der Waals surface area contributed by atoms with Crippen molar-refractivity contribution in [2.24, 2.45) is 5.92 Å². The van der Waals surface area contributed by atoms with Crippen LogP contribution in [0.4, 0.5) is 19.3 Å². The molecule has 1 saturated heterocycles.